The molecule has 19 heavy (non-hydrogen) atoms. The van der Waals surface area contributed by atoms with E-state index in [9.17, 15) is 4.79 Å². The van der Waals surface area contributed by atoms with Gasteiger partial charge in [0.15, 0.2) is 5.82 Å². The van der Waals surface area contributed by atoms with Crippen molar-refractivity contribution in [3.05, 3.63) is 52.3 Å². The van der Waals surface area contributed by atoms with E-state index >= 15 is 0 Å². The largest absolute Gasteiger partial charge is 0.326 e. The minimum Gasteiger partial charge on any atom is -0.326 e. The van der Waals surface area contributed by atoms with Gasteiger partial charge in [-0.1, -0.05) is 12.1 Å². The number of nitrogens with two attached hydrogens (primary N) is 1. The fourth-order valence-electron chi connectivity index (χ4n) is 2.19. The van der Waals surface area contributed by atoms with Crippen LogP contribution in [0.2, 0.25) is 0 Å². The lowest BCUT2D eigenvalue weighted by atomic mass is 10.2. The molecule has 2 aromatic heterocycles. The van der Waals surface area contributed by atoms with E-state index in [2.05, 4.69) is 9.97 Å². The third-order valence-corrected chi connectivity index (χ3v) is 3.19. The first-order valence-corrected chi connectivity index (χ1v) is 6.04. The van der Waals surface area contributed by atoms with Crippen molar-refractivity contribution in [3.8, 4) is 11.5 Å². The zero-order valence-electron chi connectivity index (χ0n) is 10.6. The van der Waals surface area contributed by atoms with Gasteiger partial charge in [-0.15, -0.1) is 0 Å². The van der Waals surface area contributed by atoms with Gasteiger partial charge in [0.2, 0.25) is 5.56 Å². The van der Waals surface area contributed by atoms with Gasteiger partial charge in [0, 0.05) is 19.7 Å². The number of pyridine rings is 1. The van der Waals surface area contributed by atoms with Crippen LogP contribution < -0.4 is 11.3 Å². The van der Waals surface area contributed by atoms with E-state index in [1.54, 1.807) is 6.07 Å². The van der Waals surface area contributed by atoms with Crippen LogP contribution in [0.1, 0.15) is 5.56 Å². The summed E-state index contributed by atoms with van der Waals surface area (Å²) >= 11 is 0. The number of benzene rings is 1. The molecule has 3 rings (SSSR count). The third-order valence-electron chi connectivity index (χ3n) is 3.19. The second-order valence-electron chi connectivity index (χ2n) is 4.45. The summed E-state index contributed by atoms with van der Waals surface area (Å²) in [5, 5.41) is 0. The number of rotatable bonds is 2. The lowest BCUT2D eigenvalue weighted by Gasteiger charge is -2.01. The molecule has 3 aromatic rings. The Morgan fingerprint density at radius 2 is 2.16 bits per heavy atom. The van der Waals surface area contributed by atoms with Crippen molar-refractivity contribution < 1.29 is 0 Å². The average molecular weight is 254 g/mol. The van der Waals surface area contributed by atoms with Crippen molar-refractivity contribution in [2.45, 2.75) is 6.54 Å². The second kappa shape index (κ2) is 4.37. The first-order valence-electron chi connectivity index (χ1n) is 6.04. The molecule has 1 aromatic carbocycles. The van der Waals surface area contributed by atoms with Crippen molar-refractivity contribution in [3.63, 3.8) is 0 Å². The summed E-state index contributed by atoms with van der Waals surface area (Å²) in [5.41, 5.74) is 9.14. The van der Waals surface area contributed by atoms with Gasteiger partial charge < -0.3 is 15.3 Å². The van der Waals surface area contributed by atoms with Crippen molar-refractivity contribution in [2.75, 3.05) is 0 Å². The Balaban J connectivity index is 2.25. The number of nitrogens with one attached hydrogen (secondary N) is 1. The number of hydrogen-bond donors (Lipinski definition) is 2. The van der Waals surface area contributed by atoms with Crippen molar-refractivity contribution in [1.82, 2.24) is 14.5 Å². The molecular weight excluding hydrogens is 240 g/mol. The summed E-state index contributed by atoms with van der Waals surface area (Å²) in [5.74, 6) is 0.738. The van der Waals surface area contributed by atoms with Crippen LogP contribution in [0.4, 0.5) is 0 Å². The summed E-state index contributed by atoms with van der Waals surface area (Å²) in [4.78, 5) is 18.7. The molecular formula is C14H14N4O. The molecule has 2 heterocycles. The molecule has 5 heteroatoms. The molecule has 0 aliphatic carbocycles. The summed E-state index contributed by atoms with van der Waals surface area (Å²) in [6.45, 7) is 0.490. The number of hydrogen-bond acceptors (Lipinski definition) is 3. The van der Waals surface area contributed by atoms with Gasteiger partial charge in [-0.25, -0.2) is 4.98 Å². The van der Waals surface area contributed by atoms with Crippen LogP contribution in [0.5, 0.6) is 0 Å². The fraction of sp³-hybridized carbons (Fsp3) is 0.143. The van der Waals surface area contributed by atoms with E-state index in [0.717, 1.165) is 22.4 Å². The predicted molar refractivity (Wildman–Crippen MR) is 74.7 cm³/mol. The van der Waals surface area contributed by atoms with E-state index in [0.29, 0.717) is 12.2 Å². The normalized spacial score (nSPS) is 11.1. The van der Waals surface area contributed by atoms with Gasteiger partial charge in [0.25, 0.3) is 0 Å². The molecule has 0 aliphatic rings. The maximum Gasteiger partial charge on any atom is 0.248 e. The number of nitrogens with zero attached hydrogens (tertiary/aromatic N) is 2. The summed E-state index contributed by atoms with van der Waals surface area (Å²) in [6.07, 6.45) is 0. The quantitative estimate of drug-likeness (QED) is 0.725. The Morgan fingerprint density at radius 3 is 2.89 bits per heavy atom. The number of imidazole rings is 1. The molecule has 0 aliphatic heterocycles. The molecule has 0 spiro atoms. The molecule has 0 radical (unpaired) electrons. The smallest absolute Gasteiger partial charge is 0.248 e. The Kier molecular flexibility index (Phi) is 2.68. The van der Waals surface area contributed by atoms with E-state index < -0.39 is 0 Å². The van der Waals surface area contributed by atoms with Gasteiger partial charge in [0.1, 0.15) is 0 Å². The van der Waals surface area contributed by atoms with E-state index in [-0.39, 0.29) is 5.56 Å². The van der Waals surface area contributed by atoms with E-state index in [4.69, 9.17) is 5.73 Å². The third kappa shape index (κ3) is 1.94. The lowest BCUT2D eigenvalue weighted by molar-refractivity contribution is 0.947. The van der Waals surface area contributed by atoms with Gasteiger partial charge in [-0.3, -0.25) is 4.79 Å². The summed E-state index contributed by atoms with van der Waals surface area (Å²) < 4.78 is 1.96. The highest BCUT2D eigenvalue weighted by Crippen LogP contribution is 2.22. The van der Waals surface area contributed by atoms with Crippen molar-refractivity contribution >= 4 is 11.0 Å². The van der Waals surface area contributed by atoms with Crippen LogP contribution in [0.3, 0.4) is 0 Å². The first-order chi connectivity index (χ1) is 9.19. The second-order valence-corrected chi connectivity index (χ2v) is 4.45. The molecule has 3 N–H and O–H groups in total. The molecule has 0 bridgehead atoms. The molecule has 96 valence electrons. The highest BCUT2D eigenvalue weighted by molar-refractivity contribution is 5.80. The highest BCUT2D eigenvalue weighted by Gasteiger charge is 2.10. The first kappa shape index (κ1) is 11.7. The van der Waals surface area contributed by atoms with E-state index in [1.807, 2.05) is 35.9 Å². The standard InChI is InChI=1S/C14H14N4O/c1-18-12-6-5-9(8-15)7-11(12)17-14(18)10-3-2-4-13(19)16-10/h2-7H,8,15H2,1H3,(H,16,19). The monoisotopic (exact) mass is 254 g/mol. The molecule has 0 atom stereocenters. The van der Waals surface area contributed by atoms with Crippen LogP contribution in [-0.4, -0.2) is 14.5 Å². The van der Waals surface area contributed by atoms with Crippen LogP contribution >= 0.6 is 0 Å². The number of fused-ring (bicyclic) bond motifs is 1. The lowest BCUT2D eigenvalue weighted by Crippen LogP contribution is -2.05. The minimum atomic E-state index is -0.132. The number of aromatic nitrogens is 3. The van der Waals surface area contributed by atoms with Gasteiger partial charge in [0.05, 0.1) is 16.7 Å². The van der Waals surface area contributed by atoms with Crippen LogP contribution in [0, 0.1) is 0 Å². The van der Waals surface area contributed by atoms with Crippen LogP contribution in [-0.2, 0) is 13.6 Å². The fourth-order valence-corrected chi connectivity index (χ4v) is 2.19. The Morgan fingerprint density at radius 1 is 1.32 bits per heavy atom. The van der Waals surface area contributed by atoms with Gasteiger partial charge >= 0.3 is 0 Å². The zero-order chi connectivity index (χ0) is 13.4. The van der Waals surface area contributed by atoms with Gasteiger partial charge in [-0.2, -0.15) is 0 Å². The van der Waals surface area contributed by atoms with Crippen molar-refractivity contribution in [1.29, 1.82) is 0 Å². The Labute approximate surface area is 109 Å². The molecule has 0 saturated heterocycles. The molecule has 0 fully saturated rings. The van der Waals surface area contributed by atoms with Crippen LogP contribution in [0.15, 0.2) is 41.2 Å². The zero-order valence-corrected chi connectivity index (χ0v) is 10.6. The maximum atomic E-state index is 11.4. The molecule has 0 unspecified atom stereocenters. The number of H-pyrrole nitrogens is 1. The van der Waals surface area contributed by atoms with Crippen molar-refractivity contribution in [2.24, 2.45) is 12.8 Å². The topological polar surface area (TPSA) is 76.7 Å². The van der Waals surface area contributed by atoms with Gasteiger partial charge in [-0.05, 0) is 23.8 Å². The average Bonchev–Trinajstić information content (AvgIpc) is 2.75. The minimum absolute atomic E-state index is 0.132. The molecule has 5 nitrogen and oxygen atoms in total. The van der Waals surface area contributed by atoms with Crippen LogP contribution in [0.25, 0.3) is 22.6 Å². The number of aromatic amines is 1. The molecule has 0 amide bonds. The number of aryl methyl sites for hydroxylation is 1. The van der Waals surface area contributed by atoms with E-state index in [1.165, 1.54) is 6.07 Å². The highest BCUT2D eigenvalue weighted by atomic mass is 16.1. The SMILES string of the molecule is Cn1c(-c2cccc(=O)[nH]2)nc2cc(CN)ccc21. The Hall–Kier alpha value is -2.40. The summed E-state index contributed by atoms with van der Waals surface area (Å²) in [6, 6.07) is 11.0. The maximum absolute atomic E-state index is 11.4. The predicted octanol–water partition coefficient (Wildman–Crippen LogP) is 1.39. The summed E-state index contributed by atoms with van der Waals surface area (Å²) in [7, 11) is 1.93. The molecule has 0 saturated carbocycles. The Bertz CT molecular complexity index is 801.